The van der Waals surface area contributed by atoms with Gasteiger partial charge in [0.25, 0.3) is 5.56 Å². The summed E-state index contributed by atoms with van der Waals surface area (Å²) in [7, 11) is 0. The van der Waals surface area contributed by atoms with Gasteiger partial charge in [0.15, 0.2) is 5.69 Å². The van der Waals surface area contributed by atoms with E-state index in [1.807, 2.05) is 6.07 Å². The van der Waals surface area contributed by atoms with Crippen LogP contribution < -0.4 is 16.2 Å². The molecule has 0 saturated carbocycles. The zero-order valence-electron chi connectivity index (χ0n) is 22.1. The van der Waals surface area contributed by atoms with Crippen LogP contribution in [-0.2, 0) is 20.8 Å². The highest BCUT2D eigenvalue weighted by molar-refractivity contribution is 6.02. The standard InChI is InChI=1S/C29H32N4O6/c1-3-5-6-12-17-33-26(34)21-16-11-10-15-20(21)25(32-33)28(36)39-18-22-23(27(35)38-4-2)24(31-29(37)30-22)19-13-8-7-9-14-19/h7-11,13-16,24H,3-6,12,17-18H2,1-2H3,(H2,30,31,37)/t24-/m1/s1. The molecule has 1 aliphatic rings. The van der Waals surface area contributed by atoms with Gasteiger partial charge in [0.2, 0.25) is 0 Å². The molecule has 0 saturated heterocycles. The van der Waals surface area contributed by atoms with Crippen molar-refractivity contribution in [1.82, 2.24) is 20.4 Å². The van der Waals surface area contributed by atoms with E-state index in [0.717, 1.165) is 25.7 Å². The van der Waals surface area contributed by atoms with Crippen LogP contribution in [0.5, 0.6) is 0 Å². The first kappa shape index (κ1) is 27.6. The van der Waals surface area contributed by atoms with E-state index < -0.39 is 30.6 Å². The van der Waals surface area contributed by atoms with E-state index in [2.05, 4.69) is 22.7 Å². The summed E-state index contributed by atoms with van der Waals surface area (Å²) in [6.45, 7) is 3.88. The van der Waals surface area contributed by atoms with Crippen molar-refractivity contribution in [3.8, 4) is 0 Å². The number of hydrogen-bond donors (Lipinski definition) is 2. The largest absolute Gasteiger partial charge is 0.463 e. The van der Waals surface area contributed by atoms with Crippen LogP contribution in [0, 0.1) is 0 Å². The Morgan fingerprint density at radius 3 is 2.33 bits per heavy atom. The summed E-state index contributed by atoms with van der Waals surface area (Å²) in [6.07, 6.45) is 3.79. The molecule has 0 unspecified atom stereocenters. The normalized spacial score (nSPS) is 15.0. The number of nitrogens with one attached hydrogen (secondary N) is 2. The number of fused-ring (bicyclic) bond motifs is 1. The zero-order chi connectivity index (χ0) is 27.8. The Morgan fingerprint density at radius 1 is 0.897 bits per heavy atom. The third kappa shape index (κ3) is 6.34. The zero-order valence-corrected chi connectivity index (χ0v) is 22.1. The molecule has 0 spiro atoms. The number of carbonyl (C=O) groups is 3. The Bertz CT molecular complexity index is 1450. The maximum absolute atomic E-state index is 13.3. The smallest absolute Gasteiger partial charge is 0.359 e. The molecule has 1 aliphatic heterocycles. The molecule has 10 heteroatoms. The van der Waals surface area contributed by atoms with E-state index in [1.165, 1.54) is 4.68 Å². The molecule has 2 N–H and O–H groups in total. The van der Waals surface area contributed by atoms with Crippen LogP contribution >= 0.6 is 0 Å². The van der Waals surface area contributed by atoms with Crippen LogP contribution in [0.1, 0.15) is 61.6 Å². The number of benzene rings is 2. The summed E-state index contributed by atoms with van der Waals surface area (Å²) < 4.78 is 12.1. The van der Waals surface area contributed by atoms with Gasteiger partial charge >= 0.3 is 18.0 Å². The van der Waals surface area contributed by atoms with Gasteiger partial charge in [0, 0.05) is 11.9 Å². The molecular formula is C29H32N4O6. The predicted molar refractivity (Wildman–Crippen MR) is 145 cm³/mol. The summed E-state index contributed by atoms with van der Waals surface area (Å²) in [5.41, 5.74) is 0.619. The monoisotopic (exact) mass is 532 g/mol. The van der Waals surface area contributed by atoms with E-state index in [4.69, 9.17) is 9.47 Å². The lowest BCUT2D eigenvalue weighted by Gasteiger charge is -2.29. The first-order valence-corrected chi connectivity index (χ1v) is 13.1. The Balaban J connectivity index is 1.66. The Kier molecular flexibility index (Phi) is 9.09. The van der Waals surface area contributed by atoms with Gasteiger partial charge in [-0.25, -0.2) is 19.1 Å². The summed E-state index contributed by atoms with van der Waals surface area (Å²) >= 11 is 0. The first-order valence-electron chi connectivity index (χ1n) is 13.1. The van der Waals surface area contributed by atoms with Crippen LogP contribution in [0.2, 0.25) is 0 Å². The lowest BCUT2D eigenvalue weighted by atomic mass is 9.95. The second-order valence-corrected chi connectivity index (χ2v) is 9.11. The number of ether oxygens (including phenoxy) is 2. The van der Waals surface area contributed by atoms with E-state index in [9.17, 15) is 19.2 Å². The topological polar surface area (TPSA) is 129 Å². The van der Waals surface area contributed by atoms with E-state index in [-0.39, 0.29) is 29.1 Å². The second-order valence-electron chi connectivity index (χ2n) is 9.11. The minimum Gasteiger partial charge on any atom is -0.463 e. The molecule has 39 heavy (non-hydrogen) atoms. The van der Waals surface area contributed by atoms with Crippen molar-refractivity contribution in [1.29, 1.82) is 0 Å². The van der Waals surface area contributed by atoms with Crippen LogP contribution in [0.4, 0.5) is 4.79 Å². The van der Waals surface area contributed by atoms with Gasteiger partial charge in [0.05, 0.1) is 29.3 Å². The van der Waals surface area contributed by atoms with Crippen LogP contribution in [-0.4, -0.2) is 41.0 Å². The van der Waals surface area contributed by atoms with E-state index >= 15 is 0 Å². The number of unbranched alkanes of at least 4 members (excludes halogenated alkanes) is 3. The molecule has 2 amide bonds. The maximum atomic E-state index is 13.3. The molecule has 0 aliphatic carbocycles. The fraction of sp³-hybridized carbons (Fsp3) is 0.345. The average Bonchev–Trinajstić information content (AvgIpc) is 2.95. The van der Waals surface area contributed by atoms with Gasteiger partial charge in [-0.2, -0.15) is 5.10 Å². The highest BCUT2D eigenvalue weighted by Crippen LogP contribution is 2.28. The fourth-order valence-corrected chi connectivity index (χ4v) is 4.51. The van der Waals surface area contributed by atoms with Gasteiger partial charge in [-0.05, 0) is 25.0 Å². The quantitative estimate of drug-likeness (QED) is 0.282. The number of aromatic nitrogens is 2. The molecule has 0 bridgehead atoms. The molecule has 2 aromatic carbocycles. The number of amides is 2. The number of carbonyl (C=O) groups excluding carboxylic acids is 3. The summed E-state index contributed by atoms with van der Waals surface area (Å²) in [5, 5.41) is 10.4. The van der Waals surface area contributed by atoms with Gasteiger partial charge in [0.1, 0.15) is 6.61 Å². The molecule has 1 atom stereocenters. The van der Waals surface area contributed by atoms with Crippen molar-refractivity contribution < 1.29 is 23.9 Å². The van der Waals surface area contributed by atoms with Crippen molar-refractivity contribution in [3.05, 3.63) is 87.5 Å². The maximum Gasteiger partial charge on any atom is 0.359 e. The molecule has 0 radical (unpaired) electrons. The number of esters is 2. The third-order valence-electron chi connectivity index (χ3n) is 6.41. The van der Waals surface area contributed by atoms with E-state index in [1.54, 1.807) is 55.5 Å². The number of hydrogen-bond acceptors (Lipinski definition) is 7. The van der Waals surface area contributed by atoms with Crippen LogP contribution in [0.3, 0.4) is 0 Å². The molecule has 1 aromatic heterocycles. The highest BCUT2D eigenvalue weighted by atomic mass is 16.5. The minimum absolute atomic E-state index is 0.0150. The molecule has 0 fully saturated rings. The minimum atomic E-state index is -0.795. The van der Waals surface area contributed by atoms with Crippen molar-refractivity contribution in [3.63, 3.8) is 0 Å². The SMILES string of the molecule is CCCCCCn1nc(C(=O)OCC2=C(C(=O)OCC)[C@@H](c3ccccc3)NC(=O)N2)c2ccccc2c1=O. The van der Waals surface area contributed by atoms with Gasteiger partial charge in [-0.1, -0.05) is 74.7 Å². The third-order valence-corrected chi connectivity index (χ3v) is 6.41. The molecule has 3 aromatic rings. The summed E-state index contributed by atoms with van der Waals surface area (Å²) in [6, 6.07) is 14.3. The molecular weight excluding hydrogens is 500 g/mol. The molecule has 10 nitrogen and oxygen atoms in total. The van der Waals surface area contributed by atoms with Crippen molar-refractivity contribution in [2.75, 3.05) is 13.2 Å². The lowest BCUT2D eigenvalue weighted by molar-refractivity contribution is -0.139. The van der Waals surface area contributed by atoms with Crippen LogP contribution in [0.15, 0.2) is 70.7 Å². The lowest BCUT2D eigenvalue weighted by Crippen LogP contribution is -2.47. The molecule has 4 rings (SSSR count). The second kappa shape index (κ2) is 12.9. The number of aryl methyl sites for hydroxylation is 1. The van der Waals surface area contributed by atoms with Gasteiger partial charge in [-0.15, -0.1) is 0 Å². The predicted octanol–water partition coefficient (Wildman–Crippen LogP) is 4.00. The number of rotatable bonds is 11. The highest BCUT2D eigenvalue weighted by Gasteiger charge is 2.34. The van der Waals surface area contributed by atoms with Crippen LogP contribution in [0.25, 0.3) is 10.8 Å². The fourth-order valence-electron chi connectivity index (χ4n) is 4.51. The Hall–Kier alpha value is -4.47. The first-order chi connectivity index (χ1) is 18.9. The van der Waals surface area contributed by atoms with Crippen molar-refractivity contribution in [2.45, 2.75) is 52.1 Å². The van der Waals surface area contributed by atoms with E-state index in [0.29, 0.717) is 22.9 Å². The van der Waals surface area contributed by atoms with Gasteiger partial charge < -0.3 is 20.1 Å². The number of urea groups is 1. The average molecular weight is 533 g/mol. The van der Waals surface area contributed by atoms with Crippen molar-refractivity contribution >= 4 is 28.7 Å². The summed E-state index contributed by atoms with van der Waals surface area (Å²) in [4.78, 5) is 51.8. The molecule has 204 valence electrons. The van der Waals surface area contributed by atoms with Crippen molar-refractivity contribution in [2.24, 2.45) is 0 Å². The number of nitrogens with zero attached hydrogens (tertiary/aromatic N) is 2. The Labute approximate surface area is 226 Å². The van der Waals surface area contributed by atoms with Gasteiger partial charge in [-0.3, -0.25) is 4.79 Å². The summed E-state index contributed by atoms with van der Waals surface area (Å²) in [5.74, 6) is -1.43. The molecule has 2 heterocycles. The Morgan fingerprint density at radius 2 is 1.62 bits per heavy atom.